The van der Waals surface area contributed by atoms with Gasteiger partial charge in [-0.2, -0.15) is 11.3 Å². The highest BCUT2D eigenvalue weighted by Crippen LogP contribution is 2.25. The Bertz CT molecular complexity index is 1080. The number of hydrogen-bond donors (Lipinski definition) is 3. The van der Waals surface area contributed by atoms with E-state index in [4.69, 9.17) is 0 Å². The van der Waals surface area contributed by atoms with Crippen LogP contribution in [0.3, 0.4) is 0 Å². The van der Waals surface area contributed by atoms with Gasteiger partial charge in [0.05, 0.1) is 18.5 Å². The van der Waals surface area contributed by atoms with E-state index in [2.05, 4.69) is 20.8 Å². The highest BCUT2D eigenvalue weighted by atomic mass is 32.1. The Hall–Kier alpha value is -2.97. The molecule has 0 fully saturated rings. The van der Waals surface area contributed by atoms with Gasteiger partial charge in [0, 0.05) is 33.4 Å². The van der Waals surface area contributed by atoms with Crippen molar-refractivity contribution in [2.75, 3.05) is 0 Å². The molecular formula is C19H16N4O2S2. The summed E-state index contributed by atoms with van der Waals surface area (Å²) >= 11 is 3.11. The van der Waals surface area contributed by atoms with Gasteiger partial charge in [0.25, 0.3) is 0 Å². The number of thiazole rings is 1. The van der Waals surface area contributed by atoms with Crippen LogP contribution in [-0.4, -0.2) is 21.8 Å². The third-order valence-corrected chi connectivity index (χ3v) is 5.65. The van der Waals surface area contributed by atoms with Crippen LogP contribution in [0.5, 0.6) is 0 Å². The Kier molecular flexibility index (Phi) is 4.99. The van der Waals surface area contributed by atoms with Crippen molar-refractivity contribution in [1.29, 1.82) is 0 Å². The number of thiophene rings is 1. The molecule has 6 nitrogen and oxygen atoms in total. The van der Waals surface area contributed by atoms with Crippen molar-refractivity contribution in [3.63, 3.8) is 0 Å². The van der Waals surface area contributed by atoms with Gasteiger partial charge in [0.15, 0.2) is 0 Å². The highest BCUT2D eigenvalue weighted by molar-refractivity contribution is 7.14. The van der Waals surface area contributed by atoms with Crippen molar-refractivity contribution >= 4 is 45.4 Å². The number of aromatic amines is 1. The number of benzene rings is 1. The molecule has 0 bridgehead atoms. The number of rotatable bonds is 5. The quantitative estimate of drug-likeness (QED) is 0.453. The molecule has 3 heterocycles. The summed E-state index contributed by atoms with van der Waals surface area (Å²) < 4.78 is 0. The molecule has 0 atom stereocenters. The second kappa shape index (κ2) is 7.73. The third kappa shape index (κ3) is 4.07. The van der Waals surface area contributed by atoms with Crippen LogP contribution in [0.4, 0.5) is 0 Å². The van der Waals surface area contributed by atoms with Gasteiger partial charge in [-0.15, -0.1) is 11.3 Å². The molecule has 0 radical (unpaired) electrons. The normalized spacial score (nSPS) is 10.8. The molecule has 0 saturated carbocycles. The minimum absolute atomic E-state index is 0.119. The van der Waals surface area contributed by atoms with Crippen LogP contribution in [0.1, 0.15) is 11.3 Å². The van der Waals surface area contributed by atoms with Gasteiger partial charge in [-0.25, -0.2) is 4.98 Å². The summed E-state index contributed by atoms with van der Waals surface area (Å²) in [5.74, 6) is -0.574. The maximum absolute atomic E-state index is 12.1. The van der Waals surface area contributed by atoms with Gasteiger partial charge in [-0.05, 0) is 23.1 Å². The van der Waals surface area contributed by atoms with Gasteiger partial charge in [-0.1, -0.05) is 18.2 Å². The summed E-state index contributed by atoms with van der Waals surface area (Å²) in [7, 11) is 0. The smallest absolute Gasteiger partial charge is 0.244 e. The first-order valence-electron chi connectivity index (χ1n) is 8.28. The van der Waals surface area contributed by atoms with E-state index in [9.17, 15) is 9.59 Å². The van der Waals surface area contributed by atoms with Crippen molar-refractivity contribution < 1.29 is 9.59 Å². The van der Waals surface area contributed by atoms with Crippen LogP contribution >= 0.6 is 22.7 Å². The van der Waals surface area contributed by atoms with Crippen LogP contribution in [0, 0.1) is 0 Å². The molecule has 136 valence electrons. The van der Waals surface area contributed by atoms with Crippen LogP contribution in [0.2, 0.25) is 0 Å². The number of fused-ring (bicyclic) bond motifs is 1. The van der Waals surface area contributed by atoms with E-state index in [1.807, 2.05) is 52.7 Å². The monoisotopic (exact) mass is 396 g/mol. The van der Waals surface area contributed by atoms with Crippen molar-refractivity contribution in [2.45, 2.75) is 12.8 Å². The van der Waals surface area contributed by atoms with Gasteiger partial charge in [0.2, 0.25) is 11.8 Å². The number of H-pyrrole nitrogens is 1. The van der Waals surface area contributed by atoms with Crippen LogP contribution < -0.4 is 10.9 Å². The van der Waals surface area contributed by atoms with E-state index >= 15 is 0 Å². The number of hydrogen-bond acceptors (Lipinski definition) is 5. The molecule has 2 amide bonds. The molecule has 3 aromatic heterocycles. The van der Waals surface area contributed by atoms with E-state index in [0.29, 0.717) is 5.69 Å². The maximum atomic E-state index is 12.1. The van der Waals surface area contributed by atoms with Gasteiger partial charge < -0.3 is 4.98 Å². The molecule has 0 unspecified atom stereocenters. The maximum Gasteiger partial charge on any atom is 0.244 e. The third-order valence-electron chi connectivity index (χ3n) is 4.03. The first kappa shape index (κ1) is 17.4. The Morgan fingerprint density at radius 1 is 1.04 bits per heavy atom. The molecule has 27 heavy (non-hydrogen) atoms. The second-order valence-electron chi connectivity index (χ2n) is 5.97. The minimum Gasteiger partial charge on any atom is -0.361 e. The Morgan fingerprint density at radius 2 is 1.85 bits per heavy atom. The minimum atomic E-state index is -0.301. The van der Waals surface area contributed by atoms with Crippen LogP contribution in [0.15, 0.2) is 52.7 Å². The lowest BCUT2D eigenvalue weighted by Gasteiger charge is -2.06. The van der Waals surface area contributed by atoms with Gasteiger partial charge in [-0.3, -0.25) is 20.4 Å². The second-order valence-corrected chi connectivity index (χ2v) is 7.60. The SMILES string of the molecule is O=C(Cc1csc(-c2ccsc2)n1)NNC(=O)Cc1c[nH]c2ccccc12. The number of aromatic nitrogens is 2. The fourth-order valence-corrected chi connectivity index (χ4v) is 4.28. The molecule has 8 heteroatoms. The van der Waals surface area contributed by atoms with E-state index in [1.165, 1.54) is 11.3 Å². The Morgan fingerprint density at radius 3 is 2.67 bits per heavy atom. The zero-order valence-corrected chi connectivity index (χ0v) is 15.8. The van der Waals surface area contributed by atoms with E-state index < -0.39 is 0 Å². The lowest BCUT2D eigenvalue weighted by Crippen LogP contribution is -2.43. The molecule has 1 aromatic carbocycles. The number of carbonyl (C=O) groups is 2. The standard InChI is InChI=1S/C19H16N4O2S2/c24-17(7-13-9-20-16-4-2-1-3-15(13)16)22-23-18(25)8-14-11-27-19(21-14)12-5-6-26-10-12/h1-6,9-11,20H,7-8H2,(H,22,24)(H,23,25). The van der Waals surface area contributed by atoms with Crippen LogP contribution in [0.25, 0.3) is 21.5 Å². The van der Waals surface area contributed by atoms with Crippen molar-refractivity contribution in [3.8, 4) is 10.6 Å². The Balaban J connectivity index is 1.29. The summed E-state index contributed by atoms with van der Waals surface area (Å²) in [6.07, 6.45) is 2.12. The van der Waals surface area contributed by atoms with Gasteiger partial charge >= 0.3 is 0 Å². The predicted molar refractivity (Wildman–Crippen MR) is 107 cm³/mol. The summed E-state index contributed by atoms with van der Waals surface area (Å²) in [6, 6.07) is 9.78. The first-order chi connectivity index (χ1) is 13.2. The number of para-hydroxylation sites is 1. The number of nitrogens with one attached hydrogen (secondary N) is 3. The van der Waals surface area contributed by atoms with Gasteiger partial charge in [0.1, 0.15) is 5.01 Å². The van der Waals surface area contributed by atoms with Crippen LogP contribution in [-0.2, 0) is 22.4 Å². The number of hydrazine groups is 1. The summed E-state index contributed by atoms with van der Waals surface area (Å²) in [5.41, 5.74) is 8.53. The number of nitrogens with zero attached hydrogens (tertiary/aromatic N) is 1. The molecule has 4 rings (SSSR count). The average molecular weight is 396 g/mol. The Labute approximate surface area is 163 Å². The molecule has 0 spiro atoms. The molecule has 3 N–H and O–H groups in total. The summed E-state index contributed by atoms with van der Waals surface area (Å²) in [4.78, 5) is 31.8. The van der Waals surface area contributed by atoms with Crippen molar-refractivity contribution in [2.24, 2.45) is 0 Å². The molecule has 0 aliphatic carbocycles. The number of amides is 2. The van der Waals surface area contributed by atoms with Crippen molar-refractivity contribution in [1.82, 2.24) is 20.8 Å². The van der Waals surface area contributed by atoms with E-state index in [1.54, 1.807) is 11.3 Å². The molecule has 0 saturated heterocycles. The molecular weight excluding hydrogens is 380 g/mol. The molecule has 0 aliphatic heterocycles. The largest absolute Gasteiger partial charge is 0.361 e. The first-order valence-corrected chi connectivity index (χ1v) is 10.1. The summed E-state index contributed by atoms with van der Waals surface area (Å²) in [5, 5.41) is 7.77. The zero-order chi connectivity index (χ0) is 18.6. The highest BCUT2D eigenvalue weighted by Gasteiger charge is 2.12. The topological polar surface area (TPSA) is 86.9 Å². The number of carbonyl (C=O) groups excluding carboxylic acids is 2. The van der Waals surface area contributed by atoms with Crippen molar-refractivity contribution in [3.05, 3.63) is 63.9 Å². The van der Waals surface area contributed by atoms with E-state index in [-0.39, 0.29) is 24.7 Å². The van der Waals surface area contributed by atoms with E-state index in [0.717, 1.165) is 27.0 Å². The lowest BCUT2D eigenvalue weighted by molar-refractivity contribution is -0.128. The predicted octanol–water partition coefficient (Wildman–Crippen LogP) is 3.29. The lowest BCUT2D eigenvalue weighted by atomic mass is 10.1. The average Bonchev–Trinajstić information content (AvgIpc) is 3.41. The fourth-order valence-electron chi connectivity index (χ4n) is 2.75. The molecule has 0 aliphatic rings. The molecule has 4 aromatic rings. The zero-order valence-electron chi connectivity index (χ0n) is 14.2. The fraction of sp³-hybridized carbons (Fsp3) is 0.105. The summed E-state index contributed by atoms with van der Waals surface area (Å²) in [6.45, 7) is 0.